The number of carbonyl (C=O) groups is 7. The topological polar surface area (TPSA) is 257 Å². The van der Waals surface area contributed by atoms with Gasteiger partial charge in [0.05, 0.1) is 13.0 Å². The molecule has 0 saturated heterocycles. The van der Waals surface area contributed by atoms with Crippen LogP contribution in [0.4, 0.5) is 0 Å². The average Bonchev–Trinajstić information content (AvgIpc) is 3.10. The van der Waals surface area contributed by atoms with Gasteiger partial charge in [-0.1, -0.05) is 6.42 Å². The molecule has 17 nitrogen and oxygen atoms in total. The standard InChI is InChI=1S/C34H64N8O9/c1-28(43)36-21-7-3-8-23-39-31(46)17-19-34(49)42(51)27-13-5-11-25-38-30(45)15-14-29(44)37-22-9-4-10-24-40-32(47)16-18-33(48)41(50)26-12-2-6-20-35/h50-51H,2-27,35H2,1H3,(H,36,43)(H,37,44)(H,38,45)(H,39,46)(H,40,47)/p+1. The summed E-state index contributed by atoms with van der Waals surface area (Å²) in [5, 5.41) is 33.5. The van der Waals surface area contributed by atoms with Crippen LogP contribution in [-0.4, -0.2) is 114 Å². The van der Waals surface area contributed by atoms with Crippen LogP contribution >= 0.6 is 0 Å². The summed E-state index contributed by atoms with van der Waals surface area (Å²) in [6, 6.07) is 0. The zero-order valence-electron chi connectivity index (χ0n) is 30.7. The number of nitrogens with one attached hydrogen (secondary N) is 4. The minimum absolute atomic E-state index is 0.00886. The second kappa shape index (κ2) is 32.3. The normalized spacial score (nSPS) is 10.7. The van der Waals surface area contributed by atoms with Gasteiger partial charge in [0, 0.05) is 78.3 Å². The molecule has 0 aliphatic rings. The number of primary amides is 1. The van der Waals surface area contributed by atoms with E-state index in [1.54, 1.807) is 5.32 Å². The third-order valence-electron chi connectivity index (χ3n) is 7.87. The van der Waals surface area contributed by atoms with Crippen LogP contribution in [0.3, 0.4) is 0 Å². The van der Waals surface area contributed by atoms with Gasteiger partial charge in [0.2, 0.25) is 35.4 Å². The lowest BCUT2D eigenvalue weighted by Crippen LogP contribution is -2.88. The summed E-state index contributed by atoms with van der Waals surface area (Å²) in [6.07, 6.45) is 9.00. The third-order valence-corrected chi connectivity index (χ3v) is 7.87. The maximum absolute atomic E-state index is 12.1. The Hall–Kier alpha value is -3.67. The Bertz CT molecular complexity index is 1030. The Morgan fingerprint density at radius 1 is 0.510 bits per heavy atom. The monoisotopic (exact) mass is 729 g/mol. The summed E-state index contributed by atoms with van der Waals surface area (Å²) in [7, 11) is 0. The van der Waals surface area contributed by atoms with Crippen molar-refractivity contribution in [3.8, 4) is 0 Å². The molecule has 10 N–H and O–H groups in total. The summed E-state index contributed by atoms with van der Waals surface area (Å²) < 4.78 is 0. The smallest absolute Gasteiger partial charge is 0.310 e. The number of nitrogens with zero attached hydrogens (tertiary/aromatic N) is 2. The summed E-state index contributed by atoms with van der Waals surface area (Å²) in [4.78, 5) is 82.7. The highest BCUT2D eigenvalue weighted by atomic mass is 16.5. The van der Waals surface area contributed by atoms with E-state index < -0.39 is 11.8 Å². The highest BCUT2D eigenvalue weighted by Crippen LogP contribution is 2.03. The lowest BCUT2D eigenvalue weighted by molar-refractivity contribution is -0.569. The molecule has 0 atom stereocenters. The molecule has 7 amide bonds. The molecule has 0 aliphatic heterocycles. The van der Waals surface area contributed by atoms with Crippen molar-refractivity contribution in [3.05, 3.63) is 0 Å². The third kappa shape index (κ3) is 30.8. The van der Waals surface area contributed by atoms with Gasteiger partial charge in [-0.15, -0.1) is 0 Å². The van der Waals surface area contributed by atoms with Crippen molar-refractivity contribution in [3.63, 3.8) is 0 Å². The summed E-state index contributed by atoms with van der Waals surface area (Å²) in [5.41, 5.74) is 5.41. The fourth-order valence-corrected chi connectivity index (χ4v) is 4.78. The SMILES string of the molecule is CC(=O)NCCCCCNC(=O)CCC(=O)N(O)CCCCCNC(=O)CCC(=O)[NH2+]CCCCCNC(=O)CCC(=O)N(O)CCCCCN. The average molecular weight is 730 g/mol. The van der Waals surface area contributed by atoms with Crippen molar-refractivity contribution < 1.29 is 49.3 Å². The van der Waals surface area contributed by atoms with E-state index in [9.17, 15) is 44.0 Å². The van der Waals surface area contributed by atoms with E-state index in [0.29, 0.717) is 75.1 Å². The van der Waals surface area contributed by atoms with Crippen LogP contribution in [0.5, 0.6) is 0 Å². The van der Waals surface area contributed by atoms with Crippen LogP contribution in [0, 0.1) is 0 Å². The molecule has 294 valence electrons. The predicted molar refractivity (Wildman–Crippen MR) is 189 cm³/mol. The zero-order chi connectivity index (χ0) is 38.1. The molecule has 0 spiro atoms. The van der Waals surface area contributed by atoms with E-state index in [1.165, 1.54) is 6.92 Å². The Morgan fingerprint density at radius 2 is 0.902 bits per heavy atom. The highest BCUT2D eigenvalue weighted by Gasteiger charge is 2.14. The van der Waals surface area contributed by atoms with Gasteiger partial charge in [-0.3, -0.25) is 44.5 Å². The van der Waals surface area contributed by atoms with E-state index in [0.717, 1.165) is 51.4 Å². The molecule has 0 aromatic carbocycles. The van der Waals surface area contributed by atoms with Crippen LogP contribution in [0.2, 0.25) is 0 Å². The molecule has 0 radical (unpaired) electrons. The molecular formula is C34H65N8O9+. The number of nitrogens with two attached hydrogens (primary N) is 2. The van der Waals surface area contributed by atoms with Crippen molar-refractivity contribution in [2.45, 2.75) is 122 Å². The second-order valence-corrected chi connectivity index (χ2v) is 12.6. The molecule has 0 rings (SSSR count). The van der Waals surface area contributed by atoms with Crippen molar-refractivity contribution in [2.24, 2.45) is 5.73 Å². The molecule has 0 heterocycles. The Balaban J connectivity index is 3.69. The van der Waals surface area contributed by atoms with Crippen molar-refractivity contribution in [1.29, 1.82) is 0 Å². The van der Waals surface area contributed by atoms with Crippen LogP contribution in [0.25, 0.3) is 0 Å². The first-order valence-corrected chi connectivity index (χ1v) is 18.5. The first-order valence-electron chi connectivity index (χ1n) is 18.5. The highest BCUT2D eigenvalue weighted by molar-refractivity contribution is 5.84. The lowest BCUT2D eigenvalue weighted by Gasteiger charge is -2.15. The van der Waals surface area contributed by atoms with Crippen molar-refractivity contribution in [2.75, 3.05) is 52.4 Å². The molecule has 17 heteroatoms. The number of amides is 7. The number of quaternary nitrogens is 1. The number of hydrogen-bond donors (Lipinski definition) is 8. The summed E-state index contributed by atoms with van der Waals surface area (Å²) >= 11 is 0. The van der Waals surface area contributed by atoms with Crippen LogP contribution in [0.1, 0.15) is 122 Å². The maximum Gasteiger partial charge on any atom is 0.310 e. The minimum Gasteiger partial charge on any atom is -0.356 e. The van der Waals surface area contributed by atoms with Gasteiger partial charge in [0.1, 0.15) is 0 Å². The van der Waals surface area contributed by atoms with Crippen LogP contribution in [0.15, 0.2) is 0 Å². The Morgan fingerprint density at radius 3 is 1.35 bits per heavy atom. The van der Waals surface area contributed by atoms with Gasteiger partial charge >= 0.3 is 5.91 Å². The van der Waals surface area contributed by atoms with E-state index in [-0.39, 0.29) is 81.2 Å². The molecule has 0 unspecified atom stereocenters. The largest absolute Gasteiger partial charge is 0.356 e. The van der Waals surface area contributed by atoms with E-state index >= 15 is 0 Å². The van der Waals surface area contributed by atoms with E-state index in [1.807, 2.05) is 0 Å². The molecule has 0 aliphatic carbocycles. The Kier molecular flexibility index (Phi) is 29.9. The van der Waals surface area contributed by atoms with Crippen molar-refractivity contribution >= 4 is 41.4 Å². The van der Waals surface area contributed by atoms with Crippen LogP contribution in [-0.2, 0) is 33.6 Å². The Labute approximate surface area is 302 Å². The number of hydrogen-bond acceptors (Lipinski definition) is 10. The molecule has 0 aromatic rings. The van der Waals surface area contributed by atoms with Gasteiger partial charge in [-0.2, -0.15) is 0 Å². The van der Waals surface area contributed by atoms with Gasteiger partial charge in [0.15, 0.2) is 0 Å². The number of carbonyl (C=O) groups excluding carboxylic acids is 7. The number of hydroxylamine groups is 4. The molecule has 0 fully saturated rings. The lowest BCUT2D eigenvalue weighted by atomic mass is 10.2. The fraction of sp³-hybridized carbons (Fsp3) is 0.794. The van der Waals surface area contributed by atoms with E-state index in [2.05, 4.69) is 21.3 Å². The molecule has 0 bridgehead atoms. The van der Waals surface area contributed by atoms with Gasteiger partial charge in [0.25, 0.3) is 0 Å². The molecule has 0 saturated carbocycles. The second-order valence-electron chi connectivity index (χ2n) is 12.6. The van der Waals surface area contributed by atoms with Gasteiger partial charge < -0.3 is 27.0 Å². The quantitative estimate of drug-likeness (QED) is 0.0261. The first kappa shape index (κ1) is 47.3. The molecular weight excluding hydrogens is 664 g/mol. The zero-order valence-corrected chi connectivity index (χ0v) is 30.7. The number of rotatable bonds is 32. The fourth-order valence-electron chi connectivity index (χ4n) is 4.78. The molecule has 0 aromatic heterocycles. The van der Waals surface area contributed by atoms with E-state index in [4.69, 9.17) is 5.73 Å². The first-order chi connectivity index (χ1) is 24.5. The number of unbranched alkanes of at least 4 members (excludes halogenated alkanes) is 8. The summed E-state index contributed by atoms with van der Waals surface area (Å²) in [6.45, 7) is 4.96. The minimum atomic E-state index is -0.526. The van der Waals surface area contributed by atoms with Gasteiger partial charge in [-0.25, -0.2) is 14.9 Å². The maximum atomic E-state index is 12.1. The predicted octanol–water partition coefficient (Wildman–Crippen LogP) is -0.0228. The van der Waals surface area contributed by atoms with Crippen molar-refractivity contribution in [1.82, 2.24) is 31.4 Å². The van der Waals surface area contributed by atoms with Crippen LogP contribution < -0.4 is 32.3 Å². The molecule has 51 heavy (non-hydrogen) atoms. The summed E-state index contributed by atoms with van der Waals surface area (Å²) in [5.74, 6) is -1.89. The van der Waals surface area contributed by atoms with Gasteiger partial charge in [-0.05, 0) is 77.2 Å².